The normalized spacial score (nSPS) is 16.6. The summed E-state index contributed by atoms with van der Waals surface area (Å²) in [7, 11) is 2.02. The summed E-state index contributed by atoms with van der Waals surface area (Å²) in [6, 6.07) is 16.5. The van der Waals surface area contributed by atoms with Crippen molar-refractivity contribution in [1.82, 2.24) is 4.90 Å². The molecule has 0 bridgehead atoms. The monoisotopic (exact) mass is 358 g/mol. The number of fused-ring (bicyclic) bond motifs is 1. The number of hydrogen-bond donors (Lipinski definition) is 1. The van der Waals surface area contributed by atoms with Crippen LogP contribution in [-0.4, -0.2) is 24.4 Å². The Kier molecular flexibility index (Phi) is 4.60. The van der Waals surface area contributed by atoms with Crippen LogP contribution in [0.15, 0.2) is 53.0 Å². The summed E-state index contributed by atoms with van der Waals surface area (Å²) in [5.41, 5.74) is 3.58. The third kappa shape index (κ3) is 3.23. The summed E-state index contributed by atoms with van der Waals surface area (Å²) in [5, 5.41) is 2.96. The molecule has 22 heavy (non-hydrogen) atoms. The second-order valence-corrected chi connectivity index (χ2v) is 6.55. The summed E-state index contributed by atoms with van der Waals surface area (Å²) in [4.78, 5) is 14.4. The minimum Gasteiger partial charge on any atom is -0.324 e. The first kappa shape index (κ1) is 15.3. The topological polar surface area (TPSA) is 32.3 Å². The lowest BCUT2D eigenvalue weighted by molar-refractivity contribution is -0.117. The average Bonchev–Trinajstić information content (AvgIpc) is 2.93. The quantitative estimate of drug-likeness (QED) is 0.895. The molecular weight excluding hydrogens is 340 g/mol. The predicted molar refractivity (Wildman–Crippen MR) is 92.9 cm³/mol. The van der Waals surface area contributed by atoms with Crippen LogP contribution in [0.25, 0.3) is 0 Å². The van der Waals surface area contributed by atoms with Gasteiger partial charge in [0.1, 0.15) is 0 Å². The molecule has 0 saturated carbocycles. The van der Waals surface area contributed by atoms with Gasteiger partial charge in [0.15, 0.2) is 0 Å². The third-order valence-corrected chi connectivity index (χ3v) is 4.87. The molecule has 4 heteroatoms. The molecule has 1 N–H and O–H groups in total. The Morgan fingerprint density at radius 1 is 1.23 bits per heavy atom. The molecule has 0 saturated heterocycles. The van der Waals surface area contributed by atoms with Crippen LogP contribution in [0.2, 0.25) is 0 Å². The van der Waals surface area contributed by atoms with Crippen molar-refractivity contribution in [2.45, 2.75) is 18.9 Å². The number of nitrogens with zero attached hydrogens (tertiary/aromatic N) is 1. The number of nitrogens with one attached hydrogen (secondary N) is 1. The molecule has 3 rings (SSSR count). The number of para-hydroxylation sites is 1. The van der Waals surface area contributed by atoms with E-state index in [0.717, 1.165) is 23.0 Å². The van der Waals surface area contributed by atoms with Crippen molar-refractivity contribution in [3.8, 4) is 0 Å². The number of likely N-dealkylation sites (N-methyl/N-ethyl adjacent to an activating group) is 1. The van der Waals surface area contributed by atoms with Gasteiger partial charge in [0.05, 0.1) is 12.2 Å². The number of carbonyl (C=O) groups is 1. The van der Waals surface area contributed by atoms with E-state index in [1.54, 1.807) is 0 Å². The third-order valence-electron chi connectivity index (χ3n) is 4.17. The zero-order valence-corrected chi connectivity index (χ0v) is 14.1. The maximum Gasteiger partial charge on any atom is 0.238 e. The molecule has 0 aliphatic heterocycles. The molecule has 0 fully saturated rings. The van der Waals surface area contributed by atoms with E-state index in [2.05, 4.69) is 50.4 Å². The molecule has 1 aliphatic carbocycles. The molecular formula is C18H19BrN2O. The van der Waals surface area contributed by atoms with Crippen LogP contribution in [0, 0.1) is 0 Å². The summed E-state index contributed by atoms with van der Waals surface area (Å²) >= 11 is 3.45. The first-order valence-corrected chi connectivity index (χ1v) is 8.27. The van der Waals surface area contributed by atoms with Gasteiger partial charge in [-0.05, 0) is 59.1 Å². The summed E-state index contributed by atoms with van der Waals surface area (Å²) < 4.78 is 0.900. The molecule has 0 aromatic heterocycles. The summed E-state index contributed by atoms with van der Waals surface area (Å²) in [6.45, 7) is 0.389. The van der Waals surface area contributed by atoms with E-state index in [1.165, 1.54) is 11.1 Å². The summed E-state index contributed by atoms with van der Waals surface area (Å²) in [5.74, 6) is 0.0128. The highest BCUT2D eigenvalue weighted by Gasteiger charge is 2.26. The molecule has 1 atom stereocenters. The number of hydrogen-bond acceptors (Lipinski definition) is 2. The van der Waals surface area contributed by atoms with Crippen molar-refractivity contribution in [3.63, 3.8) is 0 Å². The highest BCUT2D eigenvalue weighted by atomic mass is 79.9. The number of benzene rings is 2. The lowest BCUT2D eigenvalue weighted by atomic mass is 10.1. The van der Waals surface area contributed by atoms with E-state index < -0.39 is 0 Å². The molecule has 1 unspecified atom stereocenters. The molecule has 1 aliphatic rings. The number of amides is 1. The summed E-state index contributed by atoms with van der Waals surface area (Å²) in [6.07, 6.45) is 2.18. The largest absolute Gasteiger partial charge is 0.324 e. The van der Waals surface area contributed by atoms with Crippen LogP contribution in [0.4, 0.5) is 5.69 Å². The number of anilines is 1. The van der Waals surface area contributed by atoms with Crippen molar-refractivity contribution in [1.29, 1.82) is 0 Å². The van der Waals surface area contributed by atoms with E-state index in [0.29, 0.717) is 12.6 Å². The average molecular weight is 359 g/mol. The van der Waals surface area contributed by atoms with Gasteiger partial charge in [-0.2, -0.15) is 0 Å². The SMILES string of the molecule is CN(CC(=O)Nc1ccccc1Br)C1CCc2ccccc21. The Labute approximate surface area is 139 Å². The minimum atomic E-state index is 0.0128. The fourth-order valence-electron chi connectivity index (χ4n) is 3.08. The van der Waals surface area contributed by atoms with Gasteiger partial charge < -0.3 is 5.32 Å². The molecule has 1 amide bonds. The first-order chi connectivity index (χ1) is 10.6. The number of carbonyl (C=O) groups excluding carboxylic acids is 1. The van der Waals surface area contributed by atoms with E-state index >= 15 is 0 Å². The second kappa shape index (κ2) is 6.63. The van der Waals surface area contributed by atoms with Gasteiger partial charge in [-0.25, -0.2) is 0 Å². The minimum absolute atomic E-state index is 0.0128. The van der Waals surface area contributed by atoms with E-state index in [4.69, 9.17) is 0 Å². The molecule has 0 spiro atoms. The van der Waals surface area contributed by atoms with Gasteiger partial charge in [-0.15, -0.1) is 0 Å². The molecule has 114 valence electrons. The fourth-order valence-corrected chi connectivity index (χ4v) is 3.47. The maximum atomic E-state index is 12.3. The van der Waals surface area contributed by atoms with E-state index in [1.807, 2.05) is 31.3 Å². The van der Waals surface area contributed by atoms with Crippen LogP contribution < -0.4 is 5.32 Å². The zero-order valence-electron chi connectivity index (χ0n) is 12.6. The first-order valence-electron chi connectivity index (χ1n) is 7.47. The van der Waals surface area contributed by atoms with Crippen LogP contribution in [0.3, 0.4) is 0 Å². The van der Waals surface area contributed by atoms with Crippen molar-refractivity contribution >= 4 is 27.5 Å². The van der Waals surface area contributed by atoms with Gasteiger partial charge >= 0.3 is 0 Å². The van der Waals surface area contributed by atoms with Crippen molar-refractivity contribution in [3.05, 3.63) is 64.1 Å². The predicted octanol–water partition coefficient (Wildman–Crippen LogP) is 4.01. The Morgan fingerprint density at radius 3 is 2.77 bits per heavy atom. The number of aryl methyl sites for hydroxylation is 1. The highest BCUT2D eigenvalue weighted by Crippen LogP contribution is 2.34. The van der Waals surface area contributed by atoms with Gasteiger partial charge in [0.25, 0.3) is 0 Å². The standard InChI is InChI=1S/C18H19BrN2O/c1-21(17-11-10-13-6-2-3-7-14(13)17)12-18(22)20-16-9-5-4-8-15(16)19/h2-9,17H,10-12H2,1H3,(H,20,22). The van der Waals surface area contributed by atoms with Crippen molar-refractivity contribution < 1.29 is 4.79 Å². The second-order valence-electron chi connectivity index (χ2n) is 5.70. The Bertz CT molecular complexity index is 686. The Hall–Kier alpha value is -1.65. The van der Waals surface area contributed by atoms with E-state index in [-0.39, 0.29) is 5.91 Å². The smallest absolute Gasteiger partial charge is 0.238 e. The Balaban J connectivity index is 1.64. The van der Waals surface area contributed by atoms with Crippen LogP contribution >= 0.6 is 15.9 Å². The molecule has 2 aromatic carbocycles. The zero-order chi connectivity index (χ0) is 15.5. The molecule has 3 nitrogen and oxygen atoms in total. The van der Waals surface area contributed by atoms with Crippen LogP contribution in [0.5, 0.6) is 0 Å². The fraction of sp³-hybridized carbons (Fsp3) is 0.278. The van der Waals surface area contributed by atoms with Gasteiger partial charge in [-0.3, -0.25) is 9.69 Å². The highest BCUT2D eigenvalue weighted by molar-refractivity contribution is 9.10. The maximum absolute atomic E-state index is 12.3. The van der Waals surface area contributed by atoms with E-state index in [9.17, 15) is 4.79 Å². The Morgan fingerprint density at radius 2 is 1.95 bits per heavy atom. The van der Waals surface area contributed by atoms with Crippen molar-refractivity contribution in [2.75, 3.05) is 18.9 Å². The molecule has 0 radical (unpaired) electrons. The van der Waals surface area contributed by atoms with Crippen LogP contribution in [-0.2, 0) is 11.2 Å². The van der Waals surface area contributed by atoms with Crippen LogP contribution in [0.1, 0.15) is 23.6 Å². The molecule has 2 aromatic rings. The lowest BCUT2D eigenvalue weighted by Gasteiger charge is -2.24. The van der Waals surface area contributed by atoms with Gasteiger partial charge in [0.2, 0.25) is 5.91 Å². The number of rotatable bonds is 4. The van der Waals surface area contributed by atoms with Crippen molar-refractivity contribution in [2.24, 2.45) is 0 Å². The molecule has 0 heterocycles. The lowest BCUT2D eigenvalue weighted by Crippen LogP contribution is -2.32. The van der Waals surface area contributed by atoms with Gasteiger partial charge in [0, 0.05) is 10.5 Å². The van der Waals surface area contributed by atoms with Gasteiger partial charge in [-0.1, -0.05) is 36.4 Å². The number of halogens is 1.